The predicted molar refractivity (Wildman–Crippen MR) is 134 cm³/mol. The summed E-state index contributed by atoms with van der Waals surface area (Å²) in [5.74, 6) is 1.73. The van der Waals surface area contributed by atoms with Crippen LogP contribution in [0.3, 0.4) is 0 Å². The van der Waals surface area contributed by atoms with Crippen molar-refractivity contribution in [2.75, 3.05) is 34.4 Å². The third-order valence-electron chi connectivity index (χ3n) is 7.25. The molecule has 0 spiro atoms. The molecule has 2 aliphatic heterocycles. The zero-order valence-corrected chi connectivity index (χ0v) is 20.8. The quantitative estimate of drug-likeness (QED) is 0.573. The fourth-order valence-electron chi connectivity index (χ4n) is 5.12. The highest BCUT2D eigenvalue weighted by Crippen LogP contribution is 2.29. The maximum atomic E-state index is 13.0. The number of ether oxygens (including phenoxy) is 2. The lowest BCUT2D eigenvalue weighted by atomic mass is 10.0. The van der Waals surface area contributed by atoms with Gasteiger partial charge in [-0.15, -0.1) is 0 Å². The fraction of sp³-hybridized carbons (Fsp3) is 0.481. The Hall–Kier alpha value is -3.10. The van der Waals surface area contributed by atoms with Gasteiger partial charge >= 0.3 is 0 Å². The van der Waals surface area contributed by atoms with Crippen LogP contribution in [0.15, 0.2) is 48.5 Å². The molecule has 2 aromatic rings. The van der Waals surface area contributed by atoms with E-state index in [-0.39, 0.29) is 29.9 Å². The van der Waals surface area contributed by atoms with Crippen LogP contribution in [0.25, 0.3) is 0 Å². The van der Waals surface area contributed by atoms with Gasteiger partial charge in [0.2, 0.25) is 11.8 Å². The first-order valence-electron chi connectivity index (χ1n) is 12.2. The fourth-order valence-corrected chi connectivity index (χ4v) is 5.12. The van der Waals surface area contributed by atoms with Crippen LogP contribution in [-0.2, 0) is 22.7 Å². The second-order valence-corrected chi connectivity index (χ2v) is 9.35. The number of benzene rings is 2. The number of nitrogens with zero attached hydrogens (tertiary/aromatic N) is 2. The monoisotopic (exact) mass is 480 g/mol. The number of fused-ring (bicyclic) bond motifs is 1. The van der Waals surface area contributed by atoms with Gasteiger partial charge < -0.3 is 20.1 Å². The second-order valence-electron chi connectivity index (χ2n) is 9.35. The molecule has 8 heteroatoms. The number of carbonyl (C=O) groups excluding carboxylic acids is 2. The first-order valence-corrected chi connectivity index (χ1v) is 12.2. The molecule has 8 nitrogen and oxygen atoms in total. The molecule has 2 heterocycles. The first kappa shape index (κ1) is 25.0. The van der Waals surface area contributed by atoms with Crippen LogP contribution in [-0.4, -0.2) is 74.1 Å². The zero-order valence-electron chi connectivity index (χ0n) is 20.8. The highest BCUT2D eigenvalue weighted by molar-refractivity contribution is 5.83. The van der Waals surface area contributed by atoms with Crippen LogP contribution in [0.1, 0.15) is 30.4 Å². The van der Waals surface area contributed by atoms with Crippen molar-refractivity contribution >= 4 is 11.8 Å². The van der Waals surface area contributed by atoms with Crippen molar-refractivity contribution in [3.05, 3.63) is 59.7 Å². The molecule has 0 saturated carbocycles. The second kappa shape index (κ2) is 11.6. The van der Waals surface area contributed by atoms with Gasteiger partial charge in [0.15, 0.2) is 0 Å². The first-order chi connectivity index (χ1) is 17.0. The van der Waals surface area contributed by atoms with Gasteiger partial charge in [0.1, 0.15) is 17.5 Å². The molecule has 2 saturated heterocycles. The van der Waals surface area contributed by atoms with E-state index in [9.17, 15) is 9.59 Å². The van der Waals surface area contributed by atoms with E-state index in [1.165, 1.54) is 0 Å². The van der Waals surface area contributed by atoms with Crippen LogP contribution in [0.5, 0.6) is 11.5 Å². The van der Waals surface area contributed by atoms with E-state index in [4.69, 9.17) is 9.47 Å². The topological polar surface area (TPSA) is 83.1 Å². The average molecular weight is 481 g/mol. The molecule has 4 rings (SSSR count). The Morgan fingerprint density at radius 3 is 2.29 bits per heavy atom. The van der Waals surface area contributed by atoms with Crippen LogP contribution in [0, 0.1) is 0 Å². The van der Waals surface area contributed by atoms with Crippen molar-refractivity contribution in [2.45, 2.75) is 50.5 Å². The Labute approximate surface area is 207 Å². The van der Waals surface area contributed by atoms with E-state index in [1.54, 1.807) is 14.2 Å². The molecule has 2 aromatic carbocycles. The molecule has 2 N–H and O–H groups in total. The van der Waals surface area contributed by atoms with E-state index >= 15 is 0 Å². The van der Waals surface area contributed by atoms with Crippen LogP contribution in [0.2, 0.25) is 0 Å². The minimum atomic E-state index is -0.184. The van der Waals surface area contributed by atoms with Crippen molar-refractivity contribution in [3.8, 4) is 11.5 Å². The molecule has 0 aromatic heterocycles. The number of amides is 2. The molecule has 0 radical (unpaired) electrons. The smallest absolute Gasteiger partial charge is 0.239 e. The standard InChI is InChI=1S/C27H36N4O4/c1-30-21(8-13-25(32)28-16-19-4-9-22(34-2)10-5-19)17-29-27(33)26-24(30)14-15-31(26)18-20-6-11-23(35-3)12-7-20/h4-7,9-12,21,24,26H,8,13-18H2,1-3H3,(H,28,32)(H,29,33). The summed E-state index contributed by atoms with van der Waals surface area (Å²) in [5.41, 5.74) is 2.19. The Morgan fingerprint density at radius 1 is 1.03 bits per heavy atom. The van der Waals surface area contributed by atoms with Gasteiger partial charge in [-0.3, -0.25) is 19.4 Å². The molecular weight excluding hydrogens is 444 g/mol. The van der Waals surface area contributed by atoms with E-state index in [0.717, 1.165) is 42.1 Å². The van der Waals surface area contributed by atoms with Gasteiger partial charge in [-0.25, -0.2) is 0 Å². The minimum Gasteiger partial charge on any atom is -0.497 e. The molecule has 2 amide bonds. The lowest BCUT2D eigenvalue weighted by Gasteiger charge is -2.33. The van der Waals surface area contributed by atoms with Gasteiger partial charge in [0.25, 0.3) is 0 Å². The lowest BCUT2D eigenvalue weighted by Crippen LogP contribution is -2.49. The highest BCUT2D eigenvalue weighted by Gasteiger charge is 2.44. The van der Waals surface area contributed by atoms with Crippen molar-refractivity contribution in [1.29, 1.82) is 0 Å². The largest absolute Gasteiger partial charge is 0.497 e. The Morgan fingerprint density at radius 2 is 1.66 bits per heavy atom. The molecule has 3 atom stereocenters. The molecule has 3 unspecified atom stereocenters. The van der Waals surface area contributed by atoms with Gasteiger partial charge in [0.05, 0.1) is 14.2 Å². The summed E-state index contributed by atoms with van der Waals surface area (Å²) in [6.45, 7) is 2.65. The SMILES string of the molecule is COc1ccc(CNC(=O)CCC2CNC(=O)C3C(CCN3Cc3ccc(OC)cc3)N2C)cc1. The lowest BCUT2D eigenvalue weighted by molar-refractivity contribution is -0.126. The summed E-state index contributed by atoms with van der Waals surface area (Å²) < 4.78 is 10.4. The molecule has 0 aliphatic carbocycles. The molecule has 0 bridgehead atoms. The third-order valence-corrected chi connectivity index (χ3v) is 7.25. The molecule has 188 valence electrons. The number of rotatable bonds is 9. The summed E-state index contributed by atoms with van der Waals surface area (Å²) in [6.07, 6.45) is 2.06. The minimum absolute atomic E-state index is 0.0221. The summed E-state index contributed by atoms with van der Waals surface area (Å²) in [6, 6.07) is 15.8. The number of hydrogen-bond donors (Lipinski definition) is 2. The highest BCUT2D eigenvalue weighted by atomic mass is 16.5. The van der Waals surface area contributed by atoms with E-state index in [1.807, 2.05) is 36.4 Å². The van der Waals surface area contributed by atoms with Gasteiger partial charge in [0, 0.05) is 44.7 Å². The average Bonchev–Trinajstić information content (AvgIpc) is 3.26. The maximum absolute atomic E-state index is 13.0. The molecule has 2 aliphatic rings. The van der Waals surface area contributed by atoms with Gasteiger partial charge in [-0.05, 0) is 55.3 Å². The van der Waals surface area contributed by atoms with Crippen molar-refractivity contribution in [3.63, 3.8) is 0 Å². The number of nitrogens with one attached hydrogen (secondary N) is 2. The number of likely N-dealkylation sites (N-methyl/N-ethyl adjacent to an activating group) is 1. The number of likely N-dealkylation sites (tertiary alicyclic amines) is 1. The third kappa shape index (κ3) is 6.13. The zero-order chi connectivity index (χ0) is 24.8. The Bertz CT molecular complexity index is 995. The Balaban J connectivity index is 1.30. The van der Waals surface area contributed by atoms with Gasteiger partial charge in [-0.2, -0.15) is 0 Å². The van der Waals surface area contributed by atoms with Crippen molar-refractivity contribution in [1.82, 2.24) is 20.4 Å². The Kier molecular flexibility index (Phi) is 8.25. The molecule has 35 heavy (non-hydrogen) atoms. The van der Waals surface area contributed by atoms with E-state index < -0.39 is 0 Å². The maximum Gasteiger partial charge on any atom is 0.239 e. The summed E-state index contributed by atoms with van der Waals surface area (Å²) in [7, 11) is 5.39. The van der Waals surface area contributed by atoms with E-state index in [0.29, 0.717) is 25.9 Å². The van der Waals surface area contributed by atoms with Crippen molar-refractivity contribution in [2.24, 2.45) is 0 Å². The number of methoxy groups -OCH3 is 2. The van der Waals surface area contributed by atoms with E-state index in [2.05, 4.69) is 39.6 Å². The van der Waals surface area contributed by atoms with Crippen LogP contribution >= 0.6 is 0 Å². The number of hydrogen-bond acceptors (Lipinski definition) is 6. The predicted octanol–water partition coefficient (Wildman–Crippen LogP) is 2.17. The van der Waals surface area contributed by atoms with Crippen molar-refractivity contribution < 1.29 is 19.1 Å². The summed E-state index contributed by atoms with van der Waals surface area (Å²) in [5, 5.41) is 6.14. The molecular formula is C27H36N4O4. The van der Waals surface area contributed by atoms with Gasteiger partial charge in [-0.1, -0.05) is 24.3 Å². The summed E-state index contributed by atoms with van der Waals surface area (Å²) >= 11 is 0. The summed E-state index contributed by atoms with van der Waals surface area (Å²) in [4.78, 5) is 30.1. The molecule has 2 fully saturated rings. The number of carbonyl (C=O) groups is 2. The van der Waals surface area contributed by atoms with Crippen LogP contribution < -0.4 is 20.1 Å². The normalized spacial score (nSPS) is 22.7. The van der Waals surface area contributed by atoms with Crippen LogP contribution in [0.4, 0.5) is 0 Å².